The van der Waals surface area contributed by atoms with Crippen LogP contribution in [0, 0.1) is 11.7 Å². The third-order valence-electron chi connectivity index (χ3n) is 6.39. The molecule has 6 heteroatoms. The van der Waals surface area contributed by atoms with E-state index in [-0.39, 0.29) is 23.1 Å². The van der Waals surface area contributed by atoms with Gasteiger partial charge in [-0.15, -0.1) is 0 Å². The fourth-order valence-corrected chi connectivity index (χ4v) is 4.67. The number of carbonyl (C=O) groups is 1. The highest BCUT2D eigenvalue weighted by Crippen LogP contribution is 2.39. The fourth-order valence-electron chi connectivity index (χ4n) is 4.67. The number of nitrogens with one attached hydrogen (secondary N) is 1. The second-order valence-corrected chi connectivity index (χ2v) is 8.03. The van der Waals surface area contributed by atoms with E-state index in [0.717, 1.165) is 51.3 Å². The summed E-state index contributed by atoms with van der Waals surface area (Å²) in [5.41, 5.74) is 1.23. The predicted molar refractivity (Wildman–Crippen MR) is 109 cm³/mol. The highest BCUT2D eigenvalue weighted by molar-refractivity contribution is 5.80. The van der Waals surface area contributed by atoms with E-state index in [1.54, 1.807) is 19.2 Å². The quantitative estimate of drug-likeness (QED) is 0.487. The van der Waals surface area contributed by atoms with Gasteiger partial charge in [-0.05, 0) is 43.4 Å². The number of aliphatic imine (C=N–C) groups is 1. The highest BCUT2D eigenvalue weighted by atomic mass is 19.1. The number of rotatable bonds is 4. The lowest BCUT2D eigenvalue weighted by atomic mass is 9.69. The predicted octanol–water partition coefficient (Wildman–Crippen LogP) is 3.49. The van der Waals surface area contributed by atoms with Crippen molar-refractivity contribution in [1.82, 2.24) is 10.2 Å². The molecule has 3 rings (SSSR count). The number of carbonyl (C=O) groups excluding carboxylic acids is 1. The Hall–Kier alpha value is -2.11. The van der Waals surface area contributed by atoms with Crippen LogP contribution in [0.2, 0.25) is 0 Å². The van der Waals surface area contributed by atoms with E-state index in [9.17, 15) is 9.18 Å². The summed E-state index contributed by atoms with van der Waals surface area (Å²) in [5, 5.41) is 3.59. The smallest absolute Gasteiger partial charge is 0.308 e. The van der Waals surface area contributed by atoms with E-state index in [0.29, 0.717) is 0 Å². The summed E-state index contributed by atoms with van der Waals surface area (Å²) in [5.74, 6) is 0.575. The van der Waals surface area contributed by atoms with Crippen molar-refractivity contribution in [3.05, 3.63) is 35.6 Å². The normalized spacial score (nSPS) is 20.7. The van der Waals surface area contributed by atoms with Crippen LogP contribution in [0.5, 0.6) is 0 Å². The van der Waals surface area contributed by atoms with Gasteiger partial charge in [0.25, 0.3) is 0 Å². The first kappa shape index (κ1) is 20.6. The standard InChI is InChI=1S/C22H32FN3O2/c1-24-21(26-14-10-17(11-15-26)20(27)28-2)25-16-22(12-4-3-5-13-22)18-6-8-19(23)9-7-18/h6-9,17H,3-5,10-16H2,1-2H3,(H,24,25). The molecule has 0 unspecified atom stereocenters. The van der Waals surface area contributed by atoms with Gasteiger partial charge in [0.2, 0.25) is 0 Å². The molecule has 1 aromatic carbocycles. The molecule has 0 spiro atoms. The number of nitrogens with zero attached hydrogens (tertiary/aromatic N) is 2. The second-order valence-electron chi connectivity index (χ2n) is 8.03. The van der Waals surface area contributed by atoms with Crippen LogP contribution in [0.15, 0.2) is 29.3 Å². The molecule has 0 bridgehead atoms. The van der Waals surface area contributed by atoms with Gasteiger partial charge < -0.3 is 15.0 Å². The first-order chi connectivity index (χ1) is 13.6. The maximum absolute atomic E-state index is 13.4. The number of hydrogen-bond donors (Lipinski definition) is 1. The van der Waals surface area contributed by atoms with Crippen LogP contribution in [-0.4, -0.2) is 50.6 Å². The molecule has 2 aliphatic rings. The Bertz CT molecular complexity index is 676. The molecular formula is C22H32FN3O2. The van der Waals surface area contributed by atoms with Crippen molar-refractivity contribution in [1.29, 1.82) is 0 Å². The first-order valence-electron chi connectivity index (χ1n) is 10.4. The molecule has 1 heterocycles. The minimum Gasteiger partial charge on any atom is -0.469 e. The number of guanidine groups is 1. The SMILES string of the molecule is CN=C(NCC1(c2ccc(F)cc2)CCCCC1)N1CCC(C(=O)OC)CC1. The molecular weight excluding hydrogens is 357 g/mol. The molecule has 1 N–H and O–H groups in total. The Labute approximate surface area is 167 Å². The average molecular weight is 390 g/mol. The zero-order chi connectivity index (χ0) is 20.0. The van der Waals surface area contributed by atoms with Crippen molar-refractivity contribution in [3.63, 3.8) is 0 Å². The molecule has 5 nitrogen and oxygen atoms in total. The van der Waals surface area contributed by atoms with Gasteiger partial charge in [0, 0.05) is 32.1 Å². The number of methoxy groups -OCH3 is 1. The van der Waals surface area contributed by atoms with Gasteiger partial charge in [-0.25, -0.2) is 4.39 Å². The van der Waals surface area contributed by atoms with Crippen LogP contribution in [0.3, 0.4) is 0 Å². The Balaban J connectivity index is 1.65. The number of ether oxygens (including phenoxy) is 1. The van der Waals surface area contributed by atoms with E-state index in [2.05, 4.69) is 15.2 Å². The van der Waals surface area contributed by atoms with Crippen molar-refractivity contribution in [3.8, 4) is 0 Å². The summed E-state index contributed by atoms with van der Waals surface area (Å²) >= 11 is 0. The molecule has 0 atom stereocenters. The van der Waals surface area contributed by atoms with Crippen LogP contribution in [0.4, 0.5) is 4.39 Å². The molecule has 0 aromatic heterocycles. The number of likely N-dealkylation sites (tertiary alicyclic amines) is 1. The summed E-state index contributed by atoms with van der Waals surface area (Å²) in [6.07, 6.45) is 7.44. The second kappa shape index (κ2) is 9.39. The van der Waals surface area contributed by atoms with E-state index in [1.165, 1.54) is 31.9 Å². The average Bonchev–Trinajstić information content (AvgIpc) is 2.75. The summed E-state index contributed by atoms with van der Waals surface area (Å²) in [4.78, 5) is 18.5. The fraction of sp³-hybridized carbons (Fsp3) is 0.636. The molecule has 28 heavy (non-hydrogen) atoms. The van der Waals surface area contributed by atoms with Gasteiger partial charge in [0.15, 0.2) is 5.96 Å². The summed E-state index contributed by atoms with van der Waals surface area (Å²) in [6, 6.07) is 7.01. The molecule has 154 valence electrons. The van der Waals surface area contributed by atoms with E-state index < -0.39 is 0 Å². The van der Waals surface area contributed by atoms with Gasteiger partial charge in [-0.1, -0.05) is 31.4 Å². The molecule has 0 amide bonds. The first-order valence-corrected chi connectivity index (χ1v) is 10.4. The van der Waals surface area contributed by atoms with Crippen molar-refractivity contribution in [2.75, 3.05) is 33.8 Å². The number of halogens is 1. The Morgan fingerprint density at radius 1 is 1.21 bits per heavy atom. The Morgan fingerprint density at radius 3 is 2.43 bits per heavy atom. The third-order valence-corrected chi connectivity index (χ3v) is 6.39. The number of esters is 1. The number of hydrogen-bond acceptors (Lipinski definition) is 3. The van der Waals surface area contributed by atoms with Crippen molar-refractivity contribution in [2.24, 2.45) is 10.9 Å². The number of benzene rings is 1. The van der Waals surface area contributed by atoms with Gasteiger partial charge in [0.05, 0.1) is 13.0 Å². The van der Waals surface area contributed by atoms with E-state index in [1.807, 2.05) is 12.1 Å². The Morgan fingerprint density at radius 2 is 1.86 bits per heavy atom. The maximum Gasteiger partial charge on any atom is 0.308 e. The molecule has 1 aliphatic heterocycles. The number of piperidine rings is 1. The third kappa shape index (κ3) is 4.65. The molecule has 1 aromatic rings. The van der Waals surface area contributed by atoms with E-state index >= 15 is 0 Å². The van der Waals surface area contributed by atoms with Crippen LogP contribution in [0.25, 0.3) is 0 Å². The van der Waals surface area contributed by atoms with Crippen LogP contribution in [0.1, 0.15) is 50.5 Å². The van der Waals surface area contributed by atoms with Crippen LogP contribution < -0.4 is 5.32 Å². The highest BCUT2D eigenvalue weighted by Gasteiger charge is 2.35. The van der Waals surface area contributed by atoms with Crippen LogP contribution in [-0.2, 0) is 14.9 Å². The lowest BCUT2D eigenvalue weighted by Gasteiger charge is -2.40. The van der Waals surface area contributed by atoms with Gasteiger partial charge in [0.1, 0.15) is 5.82 Å². The van der Waals surface area contributed by atoms with Crippen molar-refractivity contribution < 1.29 is 13.9 Å². The molecule has 0 radical (unpaired) electrons. The molecule has 2 fully saturated rings. The zero-order valence-corrected chi connectivity index (χ0v) is 17.0. The van der Waals surface area contributed by atoms with Crippen molar-refractivity contribution in [2.45, 2.75) is 50.4 Å². The largest absolute Gasteiger partial charge is 0.469 e. The minimum absolute atomic E-state index is 0.0109. The molecule has 1 aliphatic carbocycles. The monoisotopic (exact) mass is 389 g/mol. The summed E-state index contributed by atoms with van der Waals surface area (Å²) in [6.45, 7) is 2.38. The lowest BCUT2D eigenvalue weighted by Crippen LogP contribution is -2.50. The lowest BCUT2D eigenvalue weighted by molar-refractivity contribution is -0.146. The minimum atomic E-state index is -0.188. The van der Waals surface area contributed by atoms with Gasteiger partial charge in [-0.2, -0.15) is 0 Å². The van der Waals surface area contributed by atoms with E-state index in [4.69, 9.17) is 4.74 Å². The maximum atomic E-state index is 13.4. The van der Waals surface area contributed by atoms with Gasteiger partial charge >= 0.3 is 5.97 Å². The molecule has 1 saturated carbocycles. The summed E-state index contributed by atoms with van der Waals surface area (Å²) < 4.78 is 18.3. The van der Waals surface area contributed by atoms with Gasteiger partial charge in [-0.3, -0.25) is 9.79 Å². The van der Waals surface area contributed by atoms with Crippen molar-refractivity contribution >= 4 is 11.9 Å². The Kier molecular flexibility index (Phi) is 6.92. The molecule has 1 saturated heterocycles. The summed E-state index contributed by atoms with van der Waals surface area (Å²) in [7, 11) is 3.26. The zero-order valence-electron chi connectivity index (χ0n) is 17.0. The van der Waals surface area contributed by atoms with Crippen LogP contribution >= 0.6 is 0 Å². The topological polar surface area (TPSA) is 53.9 Å².